The van der Waals surface area contributed by atoms with Crippen LogP contribution in [0.4, 0.5) is 5.69 Å². The molecule has 0 spiro atoms. The predicted molar refractivity (Wildman–Crippen MR) is 117 cm³/mol. The second kappa shape index (κ2) is 10.3. The minimum atomic E-state index is 0. The normalized spacial score (nSPS) is 18.7. The highest BCUT2D eigenvalue weighted by molar-refractivity contribution is 14.0. The molecule has 1 fully saturated rings. The number of aliphatic imine (C=N–C) groups is 1. The zero-order chi connectivity index (χ0) is 16.8. The van der Waals surface area contributed by atoms with Gasteiger partial charge in [-0.15, -0.1) is 24.0 Å². The minimum absolute atomic E-state index is 0. The molecule has 1 aliphatic heterocycles. The number of halogens is 1. The Balaban J connectivity index is 0.00000225. The number of nitrogens with two attached hydrogens (primary N) is 1. The molecule has 1 aromatic carbocycles. The number of unbranched alkanes of at least 4 members (excludes halogenated alkanes) is 1. The van der Waals surface area contributed by atoms with Crippen LogP contribution in [0, 0.1) is 0 Å². The maximum absolute atomic E-state index is 6.01. The van der Waals surface area contributed by atoms with Crippen molar-refractivity contribution in [1.29, 1.82) is 0 Å². The molecule has 140 valence electrons. The van der Waals surface area contributed by atoms with Crippen LogP contribution in [0.2, 0.25) is 0 Å². The first-order valence-corrected chi connectivity index (χ1v) is 9.30. The van der Waals surface area contributed by atoms with Crippen LogP contribution in [0.1, 0.15) is 30.4 Å². The van der Waals surface area contributed by atoms with Crippen LogP contribution >= 0.6 is 24.0 Å². The molecule has 0 atom stereocenters. The number of likely N-dealkylation sites (N-methyl/N-ethyl adjacent to an activating group) is 1. The van der Waals surface area contributed by atoms with Crippen molar-refractivity contribution < 1.29 is 0 Å². The number of piperazine rings is 1. The van der Waals surface area contributed by atoms with Crippen LogP contribution in [0.5, 0.6) is 0 Å². The highest BCUT2D eigenvalue weighted by Gasteiger charge is 2.13. The van der Waals surface area contributed by atoms with Crippen LogP contribution in [-0.2, 0) is 12.8 Å². The Bertz CT molecular complexity index is 567. The van der Waals surface area contributed by atoms with Gasteiger partial charge in [-0.3, -0.25) is 4.99 Å². The second-order valence-electron chi connectivity index (χ2n) is 7.08. The van der Waals surface area contributed by atoms with E-state index in [1.165, 1.54) is 69.5 Å². The van der Waals surface area contributed by atoms with Gasteiger partial charge in [0.1, 0.15) is 0 Å². The van der Waals surface area contributed by atoms with Crippen molar-refractivity contribution in [3.63, 3.8) is 0 Å². The van der Waals surface area contributed by atoms with Crippen molar-refractivity contribution in [3.8, 4) is 0 Å². The molecule has 2 aliphatic rings. The van der Waals surface area contributed by atoms with Gasteiger partial charge in [0, 0.05) is 38.4 Å². The number of fused-ring (bicyclic) bond motifs is 1. The Morgan fingerprint density at radius 1 is 1.12 bits per heavy atom. The van der Waals surface area contributed by atoms with Crippen LogP contribution in [0.15, 0.2) is 23.2 Å². The van der Waals surface area contributed by atoms with Gasteiger partial charge in [0.2, 0.25) is 0 Å². The van der Waals surface area contributed by atoms with E-state index in [-0.39, 0.29) is 24.0 Å². The summed E-state index contributed by atoms with van der Waals surface area (Å²) in [6.45, 7) is 6.76. The number of benzene rings is 1. The van der Waals surface area contributed by atoms with E-state index in [2.05, 4.69) is 45.4 Å². The second-order valence-corrected chi connectivity index (χ2v) is 7.08. The first-order chi connectivity index (χ1) is 11.7. The molecule has 1 aliphatic carbocycles. The van der Waals surface area contributed by atoms with Crippen molar-refractivity contribution in [3.05, 3.63) is 29.3 Å². The van der Waals surface area contributed by atoms with Crippen LogP contribution < -0.4 is 11.1 Å². The summed E-state index contributed by atoms with van der Waals surface area (Å²) < 4.78 is 0. The monoisotopic (exact) mass is 457 g/mol. The summed E-state index contributed by atoms with van der Waals surface area (Å²) in [5.41, 5.74) is 10.0. The third kappa shape index (κ3) is 6.42. The first kappa shape index (κ1) is 20.5. The summed E-state index contributed by atoms with van der Waals surface area (Å²) in [6, 6.07) is 6.55. The smallest absolute Gasteiger partial charge is 0.193 e. The molecule has 0 amide bonds. The standard InChI is InChI=1S/C19H31N5.HI/c1-23-11-13-24(14-12-23)10-3-2-9-21-19(20)22-18-8-7-16-5-4-6-17(16)15-18;/h7-8,15H,2-6,9-14H2,1H3,(H3,20,21,22);1H. The molecule has 0 aromatic heterocycles. The van der Waals surface area contributed by atoms with Crippen LogP contribution in [0.25, 0.3) is 0 Å². The van der Waals surface area contributed by atoms with E-state index < -0.39 is 0 Å². The molecule has 0 bridgehead atoms. The lowest BCUT2D eigenvalue weighted by Gasteiger charge is -2.32. The topological polar surface area (TPSA) is 56.9 Å². The number of anilines is 1. The lowest BCUT2D eigenvalue weighted by molar-refractivity contribution is 0.152. The van der Waals surface area contributed by atoms with Gasteiger partial charge in [0.25, 0.3) is 0 Å². The van der Waals surface area contributed by atoms with Crippen molar-refractivity contribution in [2.45, 2.75) is 32.1 Å². The molecule has 0 radical (unpaired) electrons. The summed E-state index contributed by atoms with van der Waals surface area (Å²) in [6.07, 6.45) is 5.97. The molecular formula is C19H32IN5. The maximum Gasteiger partial charge on any atom is 0.193 e. The van der Waals surface area contributed by atoms with Gasteiger partial charge >= 0.3 is 0 Å². The van der Waals surface area contributed by atoms with Gasteiger partial charge in [-0.05, 0) is 69.0 Å². The third-order valence-electron chi connectivity index (χ3n) is 5.13. The fourth-order valence-electron chi connectivity index (χ4n) is 3.56. The molecule has 25 heavy (non-hydrogen) atoms. The van der Waals surface area contributed by atoms with Gasteiger partial charge in [-0.1, -0.05) is 6.07 Å². The lowest BCUT2D eigenvalue weighted by Crippen LogP contribution is -2.44. The van der Waals surface area contributed by atoms with E-state index in [0.717, 1.165) is 18.7 Å². The summed E-state index contributed by atoms with van der Waals surface area (Å²) in [7, 11) is 2.20. The lowest BCUT2D eigenvalue weighted by atomic mass is 10.1. The molecule has 3 rings (SSSR count). The fraction of sp³-hybridized carbons (Fsp3) is 0.632. The molecule has 5 nitrogen and oxygen atoms in total. The molecular weight excluding hydrogens is 425 g/mol. The highest BCUT2D eigenvalue weighted by Crippen LogP contribution is 2.24. The maximum atomic E-state index is 6.01. The Morgan fingerprint density at radius 3 is 2.68 bits per heavy atom. The fourth-order valence-corrected chi connectivity index (χ4v) is 3.56. The molecule has 0 unspecified atom stereocenters. The zero-order valence-corrected chi connectivity index (χ0v) is 17.7. The molecule has 0 saturated carbocycles. The quantitative estimate of drug-likeness (QED) is 0.299. The number of rotatable bonds is 6. The van der Waals surface area contributed by atoms with Gasteiger partial charge in [-0.2, -0.15) is 0 Å². The third-order valence-corrected chi connectivity index (χ3v) is 5.13. The van der Waals surface area contributed by atoms with Gasteiger partial charge in [0.15, 0.2) is 5.96 Å². The van der Waals surface area contributed by atoms with E-state index >= 15 is 0 Å². The van der Waals surface area contributed by atoms with Crippen LogP contribution in [-0.4, -0.2) is 62.1 Å². The van der Waals surface area contributed by atoms with E-state index in [9.17, 15) is 0 Å². The number of aryl methyl sites for hydroxylation is 2. The minimum Gasteiger partial charge on any atom is -0.370 e. The number of nitrogens with zero attached hydrogens (tertiary/aromatic N) is 3. The number of guanidine groups is 1. The summed E-state index contributed by atoms with van der Waals surface area (Å²) in [5.74, 6) is 0.535. The first-order valence-electron chi connectivity index (χ1n) is 9.30. The molecule has 1 aromatic rings. The number of nitrogens with one attached hydrogen (secondary N) is 1. The van der Waals surface area contributed by atoms with Gasteiger partial charge in [0.05, 0.1) is 0 Å². The summed E-state index contributed by atoms with van der Waals surface area (Å²) in [4.78, 5) is 9.41. The van der Waals surface area contributed by atoms with E-state index in [4.69, 9.17) is 5.73 Å². The van der Waals surface area contributed by atoms with E-state index in [0.29, 0.717) is 5.96 Å². The average molecular weight is 457 g/mol. The van der Waals surface area contributed by atoms with Crippen molar-refractivity contribution in [2.75, 3.05) is 51.6 Å². The summed E-state index contributed by atoms with van der Waals surface area (Å²) >= 11 is 0. The predicted octanol–water partition coefficient (Wildman–Crippen LogP) is 2.55. The molecule has 6 heteroatoms. The molecule has 1 heterocycles. The summed E-state index contributed by atoms with van der Waals surface area (Å²) in [5, 5.41) is 3.23. The van der Waals surface area contributed by atoms with E-state index in [1.807, 2.05) is 0 Å². The van der Waals surface area contributed by atoms with E-state index in [1.54, 1.807) is 0 Å². The Hall–Kier alpha value is -0.860. The Morgan fingerprint density at radius 2 is 1.88 bits per heavy atom. The van der Waals surface area contributed by atoms with Gasteiger partial charge < -0.3 is 20.9 Å². The Labute approximate surface area is 169 Å². The zero-order valence-electron chi connectivity index (χ0n) is 15.3. The van der Waals surface area contributed by atoms with Gasteiger partial charge in [-0.25, -0.2) is 0 Å². The SMILES string of the molecule is CN1CCN(CCCCN=C(N)Nc2ccc3c(c2)CCC3)CC1.I. The average Bonchev–Trinajstić information content (AvgIpc) is 3.04. The van der Waals surface area contributed by atoms with Crippen molar-refractivity contribution in [1.82, 2.24) is 9.80 Å². The van der Waals surface area contributed by atoms with Crippen molar-refractivity contribution >= 4 is 35.6 Å². The largest absolute Gasteiger partial charge is 0.370 e. The molecule has 3 N–H and O–H groups in total. The molecule has 1 saturated heterocycles. The van der Waals surface area contributed by atoms with Crippen LogP contribution in [0.3, 0.4) is 0 Å². The Kier molecular flexibility index (Phi) is 8.45. The van der Waals surface area contributed by atoms with Crippen molar-refractivity contribution in [2.24, 2.45) is 10.7 Å². The number of hydrogen-bond donors (Lipinski definition) is 2. The number of hydrogen-bond acceptors (Lipinski definition) is 3. The highest BCUT2D eigenvalue weighted by atomic mass is 127.